The average molecular weight is 355 g/mol. The maximum absolute atomic E-state index is 12.3. The quantitative estimate of drug-likeness (QED) is 0.866. The molecule has 2 aliphatic heterocycles. The van der Waals surface area contributed by atoms with E-state index in [1.807, 2.05) is 6.92 Å². The molecule has 2 saturated heterocycles. The van der Waals surface area contributed by atoms with Crippen molar-refractivity contribution in [3.63, 3.8) is 0 Å². The molecule has 0 aliphatic carbocycles. The van der Waals surface area contributed by atoms with E-state index in [2.05, 4.69) is 22.1 Å². The van der Waals surface area contributed by atoms with Crippen molar-refractivity contribution in [1.29, 1.82) is 0 Å². The molecule has 2 atom stereocenters. The summed E-state index contributed by atoms with van der Waals surface area (Å²) in [5.41, 5.74) is 1.08. The van der Waals surface area contributed by atoms with Gasteiger partial charge in [0.05, 0.1) is 11.9 Å². The fourth-order valence-electron chi connectivity index (χ4n) is 3.84. The molecule has 0 spiro atoms. The van der Waals surface area contributed by atoms with Crippen LogP contribution in [-0.2, 0) is 6.54 Å². The van der Waals surface area contributed by atoms with Gasteiger partial charge in [0.15, 0.2) is 0 Å². The highest BCUT2D eigenvalue weighted by Crippen LogP contribution is 2.28. The second kappa shape index (κ2) is 6.51. The van der Waals surface area contributed by atoms with Crippen molar-refractivity contribution < 1.29 is 0 Å². The first kappa shape index (κ1) is 16.9. The number of fused-ring (bicyclic) bond motifs is 2. The minimum atomic E-state index is 0. The first-order chi connectivity index (χ1) is 10.6. The van der Waals surface area contributed by atoms with Crippen molar-refractivity contribution in [2.24, 2.45) is 11.8 Å². The van der Waals surface area contributed by atoms with Crippen LogP contribution in [0.25, 0.3) is 10.2 Å². The molecule has 0 saturated carbocycles. The minimum Gasteiger partial charge on any atom is -0.316 e. The summed E-state index contributed by atoms with van der Waals surface area (Å²) in [6, 6.07) is 0. The van der Waals surface area contributed by atoms with Gasteiger partial charge in [0.25, 0.3) is 5.56 Å². The van der Waals surface area contributed by atoms with Crippen LogP contribution in [0.3, 0.4) is 0 Å². The van der Waals surface area contributed by atoms with Crippen LogP contribution < -0.4 is 10.9 Å². The van der Waals surface area contributed by atoms with Crippen molar-refractivity contribution in [3.05, 3.63) is 26.6 Å². The van der Waals surface area contributed by atoms with Gasteiger partial charge in [-0.05, 0) is 57.3 Å². The molecule has 7 heteroatoms. The normalized spacial score (nSPS) is 24.6. The predicted molar refractivity (Wildman–Crippen MR) is 96.7 cm³/mol. The maximum Gasteiger partial charge on any atom is 0.259 e. The van der Waals surface area contributed by atoms with Crippen LogP contribution in [-0.4, -0.2) is 41.0 Å². The molecule has 2 N–H and O–H groups in total. The average Bonchev–Trinajstić information content (AvgIpc) is 3.04. The highest BCUT2D eigenvalue weighted by molar-refractivity contribution is 7.18. The molecular formula is C16H23ClN4OS. The smallest absolute Gasteiger partial charge is 0.259 e. The van der Waals surface area contributed by atoms with Crippen LogP contribution in [0.4, 0.5) is 0 Å². The van der Waals surface area contributed by atoms with E-state index in [4.69, 9.17) is 4.98 Å². The number of hydrogen-bond donors (Lipinski definition) is 2. The first-order valence-corrected chi connectivity index (χ1v) is 8.85. The standard InChI is InChI=1S/C16H22N4OS.ClH/c1-9-10(2)22-16-14(9)15(21)18-13(19-16)8-20-4-3-11-5-17-6-12(11)7-20;/h11-12,17H,3-8H2,1-2H3,(H,18,19,21);1H. The third-order valence-corrected chi connectivity index (χ3v) is 6.35. The number of hydrogen-bond acceptors (Lipinski definition) is 5. The van der Waals surface area contributed by atoms with Crippen molar-refractivity contribution in [2.75, 3.05) is 26.2 Å². The zero-order valence-electron chi connectivity index (χ0n) is 13.5. The van der Waals surface area contributed by atoms with Crippen LogP contribution in [0.15, 0.2) is 4.79 Å². The fourth-order valence-corrected chi connectivity index (χ4v) is 4.89. The Bertz CT molecular complexity index is 771. The van der Waals surface area contributed by atoms with Gasteiger partial charge in [0.2, 0.25) is 0 Å². The molecule has 0 radical (unpaired) electrons. The van der Waals surface area contributed by atoms with Crippen molar-refractivity contribution in [1.82, 2.24) is 20.2 Å². The third kappa shape index (κ3) is 3.05. The van der Waals surface area contributed by atoms with E-state index < -0.39 is 0 Å². The molecule has 23 heavy (non-hydrogen) atoms. The molecule has 2 aromatic rings. The zero-order chi connectivity index (χ0) is 15.3. The number of aromatic amines is 1. The second-order valence-electron chi connectivity index (χ2n) is 6.68. The predicted octanol–water partition coefficient (Wildman–Crippen LogP) is 2.06. The number of aromatic nitrogens is 2. The summed E-state index contributed by atoms with van der Waals surface area (Å²) in [6.45, 7) is 9.33. The number of thiophene rings is 1. The molecule has 0 amide bonds. The molecule has 2 unspecified atom stereocenters. The molecule has 2 fully saturated rings. The molecular weight excluding hydrogens is 332 g/mol. The number of rotatable bonds is 2. The van der Waals surface area contributed by atoms with E-state index in [1.54, 1.807) is 11.3 Å². The lowest BCUT2D eigenvalue weighted by atomic mass is 9.89. The number of likely N-dealkylation sites (tertiary alicyclic amines) is 1. The highest BCUT2D eigenvalue weighted by Gasteiger charge is 2.32. The summed E-state index contributed by atoms with van der Waals surface area (Å²) in [4.78, 5) is 24.5. The van der Waals surface area contributed by atoms with Crippen LogP contribution in [0.2, 0.25) is 0 Å². The highest BCUT2D eigenvalue weighted by atomic mass is 35.5. The summed E-state index contributed by atoms with van der Waals surface area (Å²) in [5, 5.41) is 4.26. The fraction of sp³-hybridized carbons (Fsp3) is 0.625. The van der Waals surface area contributed by atoms with Crippen molar-refractivity contribution in [2.45, 2.75) is 26.8 Å². The SMILES string of the molecule is Cc1sc2nc(CN3CCC4CNCC4C3)[nH]c(=O)c2c1C.Cl. The molecule has 0 aromatic carbocycles. The minimum absolute atomic E-state index is 0. The Labute approximate surface area is 145 Å². The Hall–Kier alpha value is -0.950. The lowest BCUT2D eigenvalue weighted by Crippen LogP contribution is -2.40. The third-order valence-electron chi connectivity index (χ3n) is 5.25. The molecule has 0 bridgehead atoms. The van der Waals surface area contributed by atoms with E-state index >= 15 is 0 Å². The number of aryl methyl sites for hydroxylation is 2. The van der Waals surface area contributed by atoms with E-state index in [-0.39, 0.29) is 18.0 Å². The molecule has 2 aliphatic rings. The van der Waals surface area contributed by atoms with Gasteiger partial charge in [-0.15, -0.1) is 23.7 Å². The molecule has 4 heterocycles. The van der Waals surface area contributed by atoms with Gasteiger partial charge in [-0.2, -0.15) is 0 Å². The summed E-state index contributed by atoms with van der Waals surface area (Å²) in [7, 11) is 0. The van der Waals surface area contributed by atoms with E-state index in [9.17, 15) is 4.79 Å². The molecule has 2 aromatic heterocycles. The van der Waals surface area contributed by atoms with Gasteiger partial charge in [-0.3, -0.25) is 9.69 Å². The van der Waals surface area contributed by atoms with Gasteiger partial charge in [0, 0.05) is 11.4 Å². The van der Waals surface area contributed by atoms with Gasteiger partial charge < -0.3 is 10.3 Å². The molecule has 5 nitrogen and oxygen atoms in total. The number of halogens is 1. The largest absolute Gasteiger partial charge is 0.316 e. The lowest BCUT2D eigenvalue weighted by molar-refractivity contribution is 0.139. The maximum atomic E-state index is 12.3. The number of piperidine rings is 1. The zero-order valence-corrected chi connectivity index (χ0v) is 15.1. The number of nitrogens with one attached hydrogen (secondary N) is 2. The first-order valence-electron chi connectivity index (χ1n) is 8.04. The van der Waals surface area contributed by atoms with Crippen molar-refractivity contribution >= 4 is 34.0 Å². The van der Waals surface area contributed by atoms with Gasteiger partial charge in [-0.25, -0.2) is 4.98 Å². The van der Waals surface area contributed by atoms with Gasteiger partial charge >= 0.3 is 0 Å². The van der Waals surface area contributed by atoms with Gasteiger partial charge in [0.1, 0.15) is 10.7 Å². The Morgan fingerprint density at radius 3 is 2.91 bits per heavy atom. The van der Waals surface area contributed by atoms with E-state index in [1.165, 1.54) is 17.8 Å². The van der Waals surface area contributed by atoms with Crippen LogP contribution >= 0.6 is 23.7 Å². The topological polar surface area (TPSA) is 61.0 Å². The van der Waals surface area contributed by atoms with Crippen LogP contribution in [0.5, 0.6) is 0 Å². The number of nitrogens with zero attached hydrogens (tertiary/aromatic N) is 2. The summed E-state index contributed by atoms with van der Waals surface area (Å²) in [5.74, 6) is 2.41. The molecule has 126 valence electrons. The van der Waals surface area contributed by atoms with E-state index in [0.717, 1.165) is 59.6 Å². The summed E-state index contributed by atoms with van der Waals surface area (Å²) < 4.78 is 0. The van der Waals surface area contributed by atoms with Crippen molar-refractivity contribution in [3.8, 4) is 0 Å². The van der Waals surface area contributed by atoms with Gasteiger partial charge in [-0.1, -0.05) is 0 Å². The second-order valence-corrected chi connectivity index (χ2v) is 7.88. The Morgan fingerprint density at radius 1 is 1.30 bits per heavy atom. The summed E-state index contributed by atoms with van der Waals surface area (Å²) in [6.07, 6.45) is 1.25. The Morgan fingerprint density at radius 2 is 2.09 bits per heavy atom. The summed E-state index contributed by atoms with van der Waals surface area (Å²) >= 11 is 1.62. The van der Waals surface area contributed by atoms with Crippen LogP contribution in [0, 0.1) is 25.7 Å². The lowest BCUT2D eigenvalue weighted by Gasteiger charge is -2.33. The Kier molecular flexibility index (Phi) is 4.78. The molecule has 4 rings (SSSR count). The number of H-pyrrole nitrogens is 1. The Balaban J connectivity index is 0.00000156. The van der Waals surface area contributed by atoms with E-state index in [0.29, 0.717) is 0 Å². The monoisotopic (exact) mass is 354 g/mol. The van der Waals surface area contributed by atoms with Crippen LogP contribution in [0.1, 0.15) is 22.7 Å².